The van der Waals surface area contributed by atoms with Crippen molar-refractivity contribution in [2.24, 2.45) is 0 Å². The molecule has 6 rings (SSSR count). The molecule has 248 valence electrons. The zero-order chi connectivity index (χ0) is 33.9. The van der Waals surface area contributed by atoms with Gasteiger partial charge in [-0.25, -0.2) is 0 Å². The summed E-state index contributed by atoms with van der Waals surface area (Å²) in [4.78, 5) is 0. The normalized spacial score (nSPS) is 10.1. The number of anilines is 2. The minimum Gasteiger partial charge on any atom is -0.497 e. The molecular weight excluding hydrogens is 711 g/mol. The SMILES string of the molecule is C.CCCn1c(-c2ccc(N)cc2)c(C#N)c2ccc(OC)cc21.CCCn1cc(C#N)c2ccc(OC)cc21.Nc1ccc(I)cc1. The molecule has 0 aliphatic rings. The van der Waals surface area contributed by atoms with Crippen molar-refractivity contribution >= 4 is 55.8 Å². The number of nitrogens with zero attached hydrogens (tertiary/aromatic N) is 4. The van der Waals surface area contributed by atoms with Gasteiger partial charge in [0, 0.05) is 57.1 Å². The van der Waals surface area contributed by atoms with Gasteiger partial charge in [0.25, 0.3) is 0 Å². The molecule has 0 aliphatic carbocycles. The lowest BCUT2D eigenvalue weighted by Crippen LogP contribution is -2.00. The van der Waals surface area contributed by atoms with Gasteiger partial charge in [-0.2, -0.15) is 10.5 Å². The van der Waals surface area contributed by atoms with Crippen LogP contribution in [-0.4, -0.2) is 23.4 Å². The summed E-state index contributed by atoms with van der Waals surface area (Å²) in [5.41, 5.74) is 18.2. The van der Waals surface area contributed by atoms with Gasteiger partial charge in [-0.05, 0) is 102 Å². The van der Waals surface area contributed by atoms with Crippen LogP contribution in [0.2, 0.25) is 0 Å². The number of ether oxygens (including phenoxy) is 2. The van der Waals surface area contributed by atoms with Crippen molar-refractivity contribution in [2.45, 2.75) is 47.2 Å². The number of hydrogen-bond acceptors (Lipinski definition) is 6. The molecule has 2 heterocycles. The maximum Gasteiger partial charge on any atom is 0.120 e. The first-order valence-corrected chi connectivity index (χ1v) is 16.4. The van der Waals surface area contributed by atoms with E-state index in [1.165, 1.54) is 3.57 Å². The Morgan fingerprint density at radius 1 is 0.708 bits per heavy atom. The first kappa shape index (κ1) is 37.3. The molecule has 0 saturated carbocycles. The lowest BCUT2D eigenvalue weighted by atomic mass is 10.1. The third-order valence-electron chi connectivity index (χ3n) is 7.56. The van der Waals surface area contributed by atoms with Gasteiger partial charge in [0.15, 0.2) is 0 Å². The van der Waals surface area contributed by atoms with Crippen molar-refractivity contribution in [3.63, 3.8) is 0 Å². The second kappa shape index (κ2) is 17.7. The van der Waals surface area contributed by atoms with E-state index >= 15 is 0 Å². The Balaban J connectivity index is 0.000000216. The van der Waals surface area contributed by atoms with Gasteiger partial charge in [-0.1, -0.05) is 33.4 Å². The van der Waals surface area contributed by atoms with Crippen molar-refractivity contribution in [3.8, 4) is 34.9 Å². The van der Waals surface area contributed by atoms with Crippen LogP contribution in [0.4, 0.5) is 11.4 Å². The Morgan fingerprint density at radius 3 is 1.75 bits per heavy atom. The highest BCUT2D eigenvalue weighted by Gasteiger charge is 2.19. The van der Waals surface area contributed by atoms with E-state index in [0.717, 1.165) is 81.7 Å². The first-order chi connectivity index (χ1) is 22.8. The second-order valence-electron chi connectivity index (χ2n) is 10.8. The van der Waals surface area contributed by atoms with E-state index in [1.54, 1.807) is 14.2 Å². The van der Waals surface area contributed by atoms with Crippen LogP contribution in [0.1, 0.15) is 45.2 Å². The van der Waals surface area contributed by atoms with Crippen LogP contribution in [0, 0.1) is 26.2 Å². The zero-order valence-electron chi connectivity index (χ0n) is 27.1. The van der Waals surface area contributed by atoms with Crippen molar-refractivity contribution in [1.82, 2.24) is 9.13 Å². The molecule has 8 nitrogen and oxygen atoms in total. The molecule has 4 N–H and O–H groups in total. The molecular formula is C39H43IN6O2. The molecule has 4 aromatic carbocycles. The van der Waals surface area contributed by atoms with Gasteiger partial charge in [-0.15, -0.1) is 0 Å². The number of nitriles is 2. The average Bonchev–Trinajstić information content (AvgIpc) is 3.61. The maximum atomic E-state index is 9.72. The van der Waals surface area contributed by atoms with Crippen LogP contribution >= 0.6 is 22.6 Å². The number of nitrogen functional groups attached to an aromatic ring is 2. The Morgan fingerprint density at radius 2 is 1.25 bits per heavy atom. The molecule has 0 bridgehead atoms. The number of fused-ring (bicyclic) bond motifs is 2. The fraction of sp³-hybridized carbons (Fsp3) is 0.231. The number of benzene rings is 4. The highest BCUT2D eigenvalue weighted by Crippen LogP contribution is 2.36. The van der Waals surface area contributed by atoms with Crippen molar-refractivity contribution in [1.29, 1.82) is 10.5 Å². The fourth-order valence-electron chi connectivity index (χ4n) is 5.34. The smallest absolute Gasteiger partial charge is 0.120 e. The summed E-state index contributed by atoms with van der Waals surface area (Å²) >= 11 is 2.24. The Hall–Kier alpha value is -5.13. The quantitative estimate of drug-likeness (QED) is 0.123. The van der Waals surface area contributed by atoms with Gasteiger partial charge < -0.3 is 30.1 Å². The third kappa shape index (κ3) is 8.61. The van der Waals surface area contributed by atoms with E-state index in [2.05, 4.69) is 57.7 Å². The van der Waals surface area contributed by atoms with Crippen LogP contribution in [0.15, 0.2) is 91.1 Å². The minimum atomic E-state index is 0. The summed E-state index contributed by atoms with van der Waals surface area (Å²) < 4.78 is 16.1. The van der Waals surface area contributed by atoms with E-state index in [4.69, 9.17) is 26.2 Å². The van der Waals surface area contributed by atoms with Crippen LogP contribution in [0.5, 0.6) is 11.5 Å². The summed E-state index contributed by atoms with van der Waals surface area (Å²) in [6.45, 7) is 6.01. The Kier molecular flexibility index (Phi) is 13.8. The van der Waals surface area contributed by atoms with Gasteiger partial charge >= 0.3 is 0 Å². The molecule has 2 aromatic heterocycles. The monoisotopic (exact) mass is 754 g/mol. The lowest BCUT2D eigenvalue weighted by Gasteiger charge is -2.11. The number of hydrogen-bond donors (Lipinski definition) is 2. The van der Waals surface area contributed by atoms with E-state index in [0.29, 0.717) is 11.3 Å². The first-order valence-electron chi connectivity index (χ1n) is 15.3. The maximum absolute atomic E-state index is 9.72. The van der Waals surface area contributed by atoms with Crippen LogP contribution in [0.3, 0.4) is 0 Å². The summed E-state index contributed by atoms with van der Waals surface area (Å²) in [7, 11) is 3.31. The largest absolute Gasteiger partial charge is 0.497 e. The van der Waals surface area contributed by atoms with E-state index < -0.39 is 0 Å². The van der Waals surface area contributed by atoms with Gasteiger partial charge in [0.1, 0.15) is 23.6 Å². The highest BCUT2D eigenvalue weighted by molar-refractivity contribution is 14.1. The number of halogens is 1. The molecule has 0 aliphatic heterocycles. The molecule has 0 atom stereocenters. The van der Waals surface area contributed by atoms with E-state index in [9.17, 15) is 5.26 Å². The van der Waals surface area contributed by atoms with Gasteiger partial charge in [0.05, 0.1) is 42.1 Å². The molecule has 6 aromatic rings. The number of nitrogens with two attached hydrogens (primary N) is 2. The standard InChI is InChI=1S/C19H19N3O.C13H14N2O.C6H6IN.CH4/c1-3-10-22-18-11-15(23-2)8-9-16(18)17(12-20)19(22)13-4-6-14(21)7-5-13;1-3-6-15-9-10(8-14)12-5-4-11(16-2)7-13(12)15;7-5-1-3-6(8)4-2-5;/h4-9,11H,3,10,21H2,1-2H3;4-5,7,9H,3,6H2,1-2H3;1-4H,8H2;1H4. The summed E-state index contributed by atoms with van der Waals surface area (Å²) in [5, 5.41) is 20.7. The predicted octanol–water partition coefficient (Wildman–Crippen LogP) is 9.62. The predicted molar refractivity (Wildman–Crippen MR) is 207 cm³/mol. The van der Waals surface area contributed by atoms with Crippen molar-refractivity contribution < 1.29 is 9.47 Å². The molecule has 0 unspecified atom stereocenters. The van der Waals surface area contributed by atoms with Gasteiger partial charge in [-0.3, -0.25) is 0 Å². The van der Waals surface area contributed by atoms with Crippen LogP contribution in [-0.2, 0) is 13.1 Å². The van der Waals surface area contributed by atoms with E-state index in [-0.39, 0.29) is 7.43 Å². The summed E-state index contributed by atoms with van der Waals surface area (Å²) in [5.74, 6) is 1.62. The number of methoxy groups -OCH3 is 2. The van der Waals surface area contributed by atoms with Gasteiger partial charge in [0.2, 0.25) is 0 Å². The number of aromatic nitrogens is 2. The highest BCUT2D eigenvalue weighted by atomic mass is 127. The van der Waals surface area contributed by atoms with E-state index in [1.807, 2.05) is 91.1 Å². The second-order valence-corrected chi connectivity index (χ2v) is 12.0. The lowest BCUT2D eigenvalue weighted by molar-refractivity contribution is 0.415. The van der Waals surface area contributed by atoms with Crippen LogP contribution < -0.4 is 20.9 Å². The zero-order valence-corrected chi connectivity index (χ0v) is 29.3. The third-order valence-corrected chi connectivity index (χ3v) is 8.28. The topological polar surface area (TPSA) is 128 Å². The van der Waals surface area contributed by atoms with Crippen molar-refractivity contribution in [2.75, 3.05) is 25.7 Å². The fourth-order valence-corrected chi connectivity index (χ4v) is 5.70. The molecule has 0 fully saturated rings. The minimum absolute atomic E-state index is 0. The molecule has 0 amide bonds. The Bertz CT molecular complexity index is 2010. The number of aryl methyl sites for hydroxylation is 2. The number of rotatable bonds is 7. The van der Waals surface area contributed by atoms with Crippen molar-refractivity contribution in [3.05, 3.63) is 106 Å². The molecule has 48 heavy (non-hydrogen) atoms. The molecule has 0 spiro atoms. The molecule has 9 heteroatoms. The average molecular weight is 755 g/mol. The summed E-state index contributed by atoms with van der Waals surface area (Å²) in [6.07, 6.45) is 3.94. The van der Waals surface area contributed by atoms with Crippen LogP contribution in [0.25, 0.3) is 33.1 Å². The molecule has 0 saturated heterocycles. The Labute approximate surface area is 297 Å². The summed E-state index contributed by atoms with van der Waals surface area (Å²) in [6, 6.07) is 31.7. The molecule has 0 radical (unpaired) electrons.